The molecule has 2 rings (SSSR count). The van der Waals surface area contributed by atoms with Crippen LogP contribution < -0.4 is 10.5 Å². The van der Waals surface area contributed by atoms with Gasteiger partial charge in [0.15, 0.2) is 0 Å². The van der Waals surface area contributed by atoms with Gasteiger partial charge in [-0.1, -0.05) is 29.3 Å². The van der Waals surface area contributed by atoms with Gasteiger partial charge in [0.25, 0.3) is 0 Å². The Hall–Kier alpha value is -1.45. The maximum atomic E-state index is 13.5. The summed E-state index contributed by atoms with van der Waals surface area (Å²) in [5.74, 6) is 0.0679. The van der Waals surface area contributed by atoms with E-state index in [9.17, 15) is 4.39 Å². The van der Waals surface area contributed by atoms with Gasteiger partial charge in [0.05, 0.1) is 0 Å². The smallest absolute Gasteiger partial charge is 0.131 e. The third-order valence-corrected chi connectivity index (χ3v) is 2.81. The normalized spacial score (nSPS) is 10.4. The summed E-state index contributed by atoms with van der Waals surface area (Å²) in [5.41, 5.74) is 6.34. The molecule has 0 heterocycles. The van der Waals surface area contributed by atoms with Gasteiger partial charge >= 0.3 is 0 Å². The maximum Gasteiger partial charge on any atom is 0.131 e. The number of benzene rings is 2. The molecule has 0 fully saturated rings. The first-order valence-electron chi connectivity index (χ1n) is 5.18. The minimum absolute atomic E-state index is 0.0230. The van der Waals surface area contributed by atoms with Crippen molar-refractivity contribution in [3.8, 4) is 5.75 Å². The van der Waals surface area contributed by atoms with E-state index < -0.39 is 5.82 Å². The average Bonchev–Trinajstić information content (AvgIpc) is 2.27. The number of anilines is 1. The molecular formula is C13H10Cl2FNO. The first kappa shape index (κ1) is 13.0. The number of nitrogen functional groups attached to an aromatic ring is 1. The topological polar surface area (TPSA) is 35.2 Å². The quantitative estimate of drug-likeness (QED) is 0.854. The van der Waals surface area contributed by atoms with Crippen LogP contribution in [0.25, 0.3) is 0 Å². The molecule has 0 saturated carbocycles. The summed E-state index contributed by atoms with van der Waals surface area (Å²) in [4.78, 5) is 0. The molecule has 2 N–H and O–H groups in total. The highest BCUT2D eigenvalue weighted by Crippen LogP contribution is 2.26. The zero-order valence-electron chi connectivity index (χ0n) is 9.29. The molecule has 0 atom stereocenters. The second-order valence-corrected chi connectivity index (χ2v) is 4.57. The lowest BCUT2D eigenvalue weighted by Gasteiger charge is -2.10. The molecule has 0 bridgehead atoms. The highest BCUT2D eigenvalue weighted by molar-refractivity contribution is 6.34. The first-order chi connectivity index (χ1) is 8.56. The van der Waals surface area contributed by atoms with E-state index >= 15 is 0 Å². The number of halogens is 3. The summed E-state index contributed by atoms with van der Waals surface area (Å²) in [6.45, 7) is 0.0230. The van der Waals surface area contributed by atoms with E-state index in [1.807, 2.05) is 0 Å². The highest BCUT2D eigenvalue weighted by Gasteiger charge is 2.07. The van der Waals surface area contributed by atoms with Gasteiger partial charge < -0.3 is 10.5 Å². The Morgan fingerprint density at radius 2 is 1.78 bits per heavy atom. The Balaban J connectivity index is 2.16. The monoisotopic (exact) mass is 285 g/mol. The largest absolute Gasteiger partial charge is 0.489 e. The molecule has 2 nitrogen and oxygen atoms in total. The van der Waals surface area contributed by atoms with E-state index in [4.69, 9.17) is 33.7 Å². The van der Waals surface area contributed by atoms with Gasteiger partial charge in [0.2, 0.25) is 0 Å². The van der Waals surface area contributed by atoms with Crippen LogP contribution in [0.1, 0.15) is 5.56 Å². The van der Waals surface area contributed by atoms with Crippen LogP contribution in [0.5, 0.6) is 5.75 Å². The third kappa shape index (κ3) is 3.06. The fraction of sp³-hybridized carbons (Fsp3) is 0.0769. The molecule has 0 unspecified atom stereocenters. The number of nitrogens with two attached hydrogens (primary N) is 1. The van der Waals surface area contributed by atoms with Crippen molar-refractivity contribution in [1.29, 1.82) is 0 Å². The van der Waals surface area contributed by atoms with Crippen LogP contribution in [0.3, 0.4) is 0 Å². The molecule has 0 saturated heterocycles. The molecule has 0 amide bonds. The molecule has 0 aliphatic heterocycles. The summed E-state index contributed by atoms with van der Waals surface area (Å²) in [6.07, 6.45) is 0. The molecule has 0 aliphatic carbocycles. The summed E-state index contributed by atoms with van der Waals surface area (Å²) < 4.78 is 18.9. The number of hydrogen-bond donors (Lipinski definition) is 1. The minimum Gasteiger partial charge on any atom is -0.489 e. The van der Waals surface area contributed by atoms with Gasteiger partial charge in [-0.2, -0.15) is 0 Å². The summed E-state index contributed by atoms with van der Waals surface area (Å²) in [6, 6.07) is 9.29. The van der Waals surface area contributed by atoms with Crippen molar-refractivity contribution in [2.45, 2.75) is 6.61 Å². The van der Waals surface area contributed by atoms with Crippen molar-refractivity contribution < 1.29 is 9.13 Å². The molecule has 0 aliphatic rings. The summed E-state index contributed by atoms with van der Waals surface area (Å²) in [5, 5.41) is 0.915. The van der Waals surface area contributed by atoms with Crippen LogP contribution in [0.15, 0.2) is 36.4 Å². The number of ether oxygens (including phenoxy) is 1. The van der Waals surface area contributed by atoms with Gasteiger partial charge in [-0.05, 0) is 30.3 Å². The van der Waals surface area contributed by atoms with Crippen LogP contribution in [0.4, 0.5) is 10.1 Å². The first-order valence-corrected chi connectivity index (χ1v) is 5.93. The fourth-order valence-electron chi connectivity index (χ4n) is 1.49. The lowest BCUT2D eigenvalue weighted by atomic mass is 10.2. The van der Waals surface area contributed by atoms with E-state index in [1.54, 1.807) is 30.3 Å². The molecule has 0 spiro atoms. The van der Waals surface area contributed by atoms with Crippen molar-refractivity contribution >= 4 is 28.9 Å². The van der Waals surface area contributed by atoms with Crippen LogP contribution in [0.2, 0.25) is 10.0 Å². The lowest BCUT2D eigenvalue weighted by molar-refractivity contribution is 0.300. The Morgan fingerprint density at radius 1 is 1.11 bits per heavy atom. The van der Waals surface area contributed by atoms with Gasteiger partial charge in [-0.15, -0.1) is 0 Å². The summed E-state index contributed by atoms with van der Waals surface area (Å²) in [7, 11) is 0. The van der Waals surface area contributed by atoms with Crippen molar-refractivity contribution in [3.63, 3.8) is 0 Å². The Bertz CT molecular complexity index is 534. The van der Waals surface area contributed by atoms with Crippen LogP contribution in [0, 0.1) is 5.82 Å². The molecule has 94 valence electrons. The van der Waals surface area contributed by atoms with E-state index in [-0.39, 0.29) is 6.61 Å². The Morgan fingerprint density at radius 3 is 2.39 bits per heavy atom. The Kier molecular flexibility index (Phi) is 3.94. The van der Waals surface area contributed by atoms with Gasteiger partial charge in [-0.25, -0.2) is 4.39 Å². The van der Waals surface area contributed by atoms with Gasteiger partial charge in [-0.3, -0.25) is 0 Å². The second kappa shape index (κ2) is 5.46. The molecule has 0 aromatic heterocycles. The second-order valence-electron chi connectivity index (χ2n) is 3.70. The predicted molar refractivity (Wildman–Crippen MR) is 71.6 cm³/mol. The SMILES string of the molecule is Nc1cccc(F)c1COc1cc(Cl)cc(Cl)c1. The highest BCUT2D eigenvalue weighted by atomic mass is 35.5. The molecule has 2 aromatic rings. The Labute approximate surface area is 114 Å². The third-order valence-electron chi connectivity index (χ3n) is 2.37. The zero-order valence-corrected chi connectivity index (χ0v) is 10.8. The van der Waals surface area contributed by atoms with E-state index in [0.717, 1.165) is 0 Å². The van der Waals surface area contributed by atoms with E-state index in [1.165, 1.54) is 6.07 Å². The van der Waals surface area contributed by atoms with Crippen LogP contribution in [-0.2, 0) is 6.61 Å². The average molecular weight is 286 g/mol. The van der Waals surface area contributed by atoms with Crippen molar-refractivity contribution in [1.82, 2.24) is 0 Å². The predicted octanol–water partition coefficient (Wildman–Crippen LogP) is 4.29. The fourth-order valence-corrected chi connectivity index (χ4v) is 2.00. The number of hydrogen-bond acceptors (Lipinski definition) is 2. The lowest BCUT2D eigenvalue weighted by Crippen LogP contribution is -2.03. The molecule has 5 heteroatoms. The van der Waals surface area contributed by atoms with Crippen molar-refractivity contribution in [2.75, 3.05) is 5.73 Å². The molecule has 0 radical (unpaired) electrons. The van der Waals surface area contributed by atoms with Crippen LogP contribution >= 0.6 is 23.2 Å². The zero-order chi connectivity index (χ0) is 13.1. The van der Waals surface area contributed by atoms with Crippen LogP contribution in [-0.4, -0.2) is 0 Å². The molecular weight excluding hydrogens is 276 g/mol. The van der Waals surface area contributed by atoms with Gasteiger partial charge in [0, 0.05) is 21.3 Å². The van der Waals surface area contributed by atoms with Crippen molar-refractivity contribution in [3.05, 3.63) is 57.8 Å². The number of rotatable bonds is 3. The van der Waals surface area contributed by atoms with E-state index in [2.05, 4.69) is 0 Å². The minimum atomic E-state index is -0.400. The van der Waals surface area contributed by atoms with Gasteiger partial charge in [0.1, 0.15) is 18.2 Å². The van der Waals surface area contributed by atoms with E-state index in [0.29, 0.717) is 27.0 Å². The molecule has 2 aromatic carbocycles. The van der Waals surface area contributed by atoms with Crippen molar-refractivity contribution in [2.24, 2.45) is 0 Å². The summed E-state index contributed by atoms with van der Waals surface area (Å²) >= 11 is 11.7. The molecule has 18 heavy (non-hydrogen) atoms. The standard InChI is InChI=1S/C13H10Cl2FNO/c14-8-4-9(15)6-10(5-8)18-7-11-12(16)2-1-3-13(11)17/h1-6H,7,17H2. The maximum absolute atomic E-state index is 13.5.